The average molecular weight is 351 g/mol. The van der Waals surface area contributed by atoms with E-state index in [0.29, 0.717) is 13.1 Å². The zero-order valence-corrected chi connectivity index (χ0v) is 14.0. The molecule has 22 heavy (non-hydrogen) atoms. The first-order chi connectivity index (χ1) is 10.1. The van der Waals surface area contributed by atoms with E-state index in [-0.39, 0.29) is 24.3 Å². The maximum absolute atomic E-state index is 10.8. The van der Waals surface area contributed by atoms with Gasteiger partial charge in [0, 0.05) is 18.8 Å². The van der Waals surface area contributed by atoms with Crippen LogP contribution in [-0.2, 0) is 20.2 Å². The number of rotatable bonds is 9. The first-order valence-electron chi connectivity index (χ1n) is 6.79. The highest BCUT2D eigenvalue weighted by Gasteiger charge is 2.12. The molecule has 0 saturated carbocycles. The van der Waals surface area contributed by atoms with Gasteiger partial charge in [0.05, 0.1) is 11.5 Å². The van der Waals surface area contributed by atoms with Gasteiger partial charge in [-0.1, -0.05) is 12.1 Å². The van der Waals surface area contributed by atoms with E-state index < -0.39 is 20.2 Å². The Morgan fingerprint density at radius 1 is 0.955 bits per heavy atom. The molecule has 1 aromatic rings. The van der Waals surface area contributed by atoms with Crippen LogP contribution in [0.5, 0.6) is 0 Å². The maximum atomic E-state index is 10.8. The van der Waals surface area contributed by atoms with Crippen LogP contribution in [0, 0.1) is 6.92 Å². The molecule has 0 heterocycles. The molecule has 0 aromatic heterocycles. The Labute approximate surface area is 131 Å². The Hall–Kier alpha value is -1.16. The summed E-state index contributed by atoms with van der Waals surface area (Å²) in [5, 5.41) is 0. The van der Waals surface area contributed by atoms with E-state index in [1.807, 2.05) is 36.1 Å². The third-order valence-electron chi connectivity index (χ3n) is 3.03. The lowest BCUT2D eigenvalue weighted by Gasteiger charge is -2.25. The molecule has 0 saturated heterocycles. The SMILES string of the molecule is Cc1cccc(N(CCCS(=O)(=O)O)CCCS(=O)(=O)O)c1. The van der Waals surface area contributed by atoms with Gasteiger partial charge in [-0.25, -0.2) is 0 Å². The van der Waals surface area contributed by atoms with E-state index in [0.717, 1.165) is 11.3 Å². The molecule has 1 rings (SSSR count). The van der Waals surface area contributed by atoms with Gasteiger partial charge in [0.2, 0.25) is 0 Å². The number of hydrogen-bond donors (Lipinski definition) is 2. The van der Waals surface area contributed by atoms with E-state index in [1.165, 1.54) is 0 Å². The summed E-state index contributed by atoms with van der Waals surface area (Å²) in [4.78, 5) is 1.84. The van der Waals surface area contributed by atoms with E-state index in [2.05, 4.69) is 0 Å². The summed E-state index contributed by atoms with van der Waals surface area (Å²) in [7, 11) is -8.03. The minimum Gasteiger partial charge on any atom is -0.371 e. The smallest absolute Gasteiger partial charge is 0.264 e. The van der Waals surface area contributed by atoms with Crippen molar-refractivity contribution in [1.82, 2.24) is 0 Å². The van der Waals surface area contributed by atoms with Gasteiger partial charge in [0.25, 0.3) is 20.2 Å². The Morgan fingerprint density at radius 2 is 1.45 bits per heavy atom. The van der Waals surface area contributed by atoms with Crippen molar-refractivity contribution >= 4 is 25.9 Å². The van der Waals surface area contributed by atoms with Gasteiger partial charge in [0.1, 0.15) is 0 Å². The van der Waals surface area contributed by atoms with Crippen molar-refractivity contribution in [3.8, 4) is 0 Å². The maximum Gasteiger partial charge on any atom is 0.264 e. The molecule has 0 radical (unpaired) electrons. The predicted molar refractivity (Wildman–Crippen MR) is 85.5 cm³/mol. The van der Waals surface area contributed by atoms with Crippen LogP contribution in [0.3, 0.4) is 0 Å². The number of anilines is 1. The van der Waals surface area contributed by atoms with Crippen LogP contribution >= 0.6 is 0 Å². The number of nitrogens with zero attached hydrogens (tertiary/aromatic N) is 1. The van der Waals surface area contributed by atoms with Gasteiger partial charge < -0.3 is 4.90 Å². The second-order valence-corrected chi connectivity index (χ2v) is 8.25. The van der Waals surface area contributed by atoms with E-state index in [4.69, 9.17) is 9.11 Å². The molecule has 0 spiro atoms. The highest BCUT2D eigenvalue weighted by atomic mass is 32.2. The van der Waals surface area contributed by atoms with Gasteiger partial charge in [-0.15, -0.1) is 0 Å². The van der Waals surface area contributed by atoms with Crippen molar-refractivity contribution in [2.45, 2.75) is 19.8 Å². The van der Waals surface area contributed by atoms with Crippen LogP contribution < -0.4 is 4.90 Å². The molecule has 0 aliphatic heterocycles. The Morgan fingerprint density at radius 3 is 1.86 bits per heavy atom. The second-order valence-electron chi connectivity index (χ2n) is 5.11. The molecule has 0 aliphatic carbocycles. The highest BCUT2D eigenvalue weighted by molar-refractivity contribution is 7.86. The summed E-state index contributed by atoms with van der Waals surface area (Å²) in [5.41, 5.74) is 1.86. The molecule has 9 heteroatoms. The van der Waals surface area contributed by atoms with Crippen molar-refractivity contribution in [3.05, 3.63) is 29.8 Å². The van der Waals surface area contributed by atoms with Crippen molar-refractivity contribution in [3.63, 3.8) is 0 Å². The normalized spacial score (nSPS) is 12.3. The summed E-state index contributed by atoms with van der Waals surface area (Å²) in [6.07, 6.45) is 0.442. The van der Waals surface area contributed by atoms with Crippen LogP contribution in [0.4, 0.5) is 5.69 Å². The van der Waals surface area contributed by atoms with Crippen LogP contribution in [0.1, 0.15) is 18.4 Å². The average Bonchev–Trinajstić information content (AvgIpc) is 2.34. The molecular weight excluding hydrogens is 330 g/mol. The molecule has 1 aromatic carbocycles. The summed E-state index contributed by atoms with van der Waals surface area (Å²) in [6, 6.07) is 7.51. The predicted octanol–water partition coefficient (Wildman–Crippen LogP) is 1.36. The number of benzene rings is 1. The molecule has 126 valence electrons. The van der Waals surface area contributed by atoms with Gasteiger partial charge in [-0.2, -0.15) is 16.8 Å². The first kappa shape index (κ1) is 18.9. The Bertz CT molecular complexity index is 646. The summed E-state index contributed by atoms with van der Waals surface area (Å²) >= 11 is 0. The Balaban J connectivity index is 2.72. The van der Waals surface area contributed by atoms with Crippen LogP contribution in [-0.4, -0.2) is 50.5 Å². The van der Waals surface area contributed by atoms with Gasteiger partial charge >= 0.3 is 0 Å². The fourth-order valence-electron chi connectivity index (χ4n) is 2.07. The molecule has 0 atom stereocenters. The molecule has 0 aliphatic rings. The summed E-state index contributed by atoms with van der Waals surface area (Å²) in [6.45, 7) is 2.63. The van der Waals surface area contributed by atoms with Crippen molar-refractivity contribution in [2.24, 2.45) is 0 Å². The number of aryl methyl sites for hydroxylation is 1. The van der Waals surface area contributed by atoms with Crippen molar-refractivity contribution < 1.29 is 25.9 Å². The third-order valence-corrected chi connectivity index (χ3v) is 4.64. The van der Waals surface area contributed by atoms with E-state index >= 15 is 0 Å². The van der Waals surface area contributed by atoms with Crippen molar-refractivity contribution in [2.75, 3.05) is 29.5 Å². The lowest BCUT2D eigenvalue weighted by molar-refractivity contribution is 0.480. The standard InChI is InChI=1S/C13H21NO6S2/c1-12-5-2-6-13(11-12)14(7-3-9-21(15,16)17)8-4-10-22(18,19)20/h2,5-6,11H,3-4,7-10H2,1H3,(H,15,16,17)(H,18,19,20). The molecule has 0 bridgehead atoms. The second kappa shape index (κ2) is 7.91. The first-order valence-corrected chi connectivity index (χ1v) is 10.0. The summed E-state index contributed by atoms with van der Waals surface area (Å²) < 4.78 is 60.6. The molecule has 7 nitrogen and oxygen atoms in total. The molecule has 0 fully saturated rings. The van der Waals surface area contributed by atoms with Crippen LogP contribution in [0.2, 0.25) is 0 Å². The van der Waals surface area contributed by atoms with Gasteiger partial charge in [-0.05, 0) is 37.5 Å². The van der Waals surface area contributed by atoms with Crippen LogP contribution in [0.25, 0.3) is 0 Å². The van der Waals surface area contributed by atoms with Crippen LogP contribution in [0.15, 0.2) is 24.3 Å². The highest BCUT2D eigenvalue weighted by Crippen LogP contribution is 2.17. The lowest BCUT2D eigenvalue weighted by atomic mass is 10.2. The topological polar surface area (TPSA) is 112 Å². The van der Waals surface area contributed by atoms with Crippen molar-refractivity contribution in [1.29, 1.82) is 0 Å². The van der Waals surface area contributed by atoms with E-state index in [1.54, 1.807) is 0 Å². The summed E-state index contributed by atoms with van der Waals surface area (Å²) in [5.74, 6) is -0.707. The quantitative estimate of drug-likeness (QED) is 0.646. The fourth-order valence-corrected chi connectivity index (χ4v) is 3.06. The molecular formula is C13H21NO6S2. The molecule has 0 unspecified atom stereocenters. The molecule has 0 amide bonds. The van der Waals surface area contributed by atoms with E-state index in [9.17, 15) is 16.8 Å². The zero-order valence-electron chi connectivity index (χ0n) is 12.3. The minimum absolute atomic E-state index is 0.221. The number of hydrogen-bond acceptors (Lipinski definition) is 5. The minimum atomic E-state index is -4.02. The monoisotopic (exact) mass is 351 g/mol. The molecule has 2 N–H and O–H groups in total. The van der Waals surface area contributed by atoms with Gasteiger partial charge in [0.15, 0.2) is 0 Å². The van der Waals surface area contributed by atoms with Gasteiger partial charge in [-0.3, -0.25) is 9.11 Å². The lowest BCUT2D eigenvalue weighted by Crippen LogP contribution is -2.28. The Kier molecular flexibility index (Phi) is 6.79. The fraction of sp³-hybridized carbons (Fsp3) is 0.538. The largest absolute Gasteiger partial charge is 0.371 e. The zero-order chi connectivity index (χ0) is 16.8. The third kappa shape index (κ3) is 8.32.